The Kier molecular flexibility index (Phi) is 2.55. The fourth-order valence-corrected chi connectivity index (χ4v) is 2.85. The molecule has 0 amide bonds. The Labute approximate surface area is 105 Å². The predicted octanol–water partition coefficient (Wildman–Crippen LogP) is 1.80. The first kappa shape index (κ1) is 11.5. The van der Waals surface area contributed by atoms with Gasteiger partial charge in [-0.3, -0.25) is 4.57 Å². The van der Waals surface area contributed by atoms with Crippen LogP contribution in [0.25, 0.3) is 11.1 Å². The number of aromatic nitrogens is 1. The fraction of sp³-hybridized carbons (Fsp3) is 0.500. The highest BCUT2D eigenvalue weighted by Crippen LogP contribution is 2.42. The van der Waals surface area contributed by atoms with Crippen LogP contribution in [0.15, 0.2) is 27.4 Å². The maximum absolute atomic E-state index is 11.4. The van der Waals surface area contributed by atoms with Crippen molar-refractivity contribution in [3.05, 3.63) is 34.3 Å². The summed E-state index contributed by atoms with van der Waals surface area (Å²) in [6.45, 7) is 0.745. The van der Waals surface area contributed by atoms with E-state index in [2.05, 4.69) is 6.07 Å². The van der Waals surface area contributed by atoms with Crippen LogP contribution in [-0.4, -0.2) is 11.1 Å². The number of nitrogens with zero attached hydrogens (tertiary/aromatic N) is 1. The SMILES string of the molecule is Cn1c(=O)oc2ccc(CC3(CN)CCC3)cc21. The molecule has 0 bridgehead atoms. The molecule has 3 rings (SSSR count). The van der Waals surface area contributed by atoms with Gasteiger partial charge in [0, 0.05) is 7.05 Å². The standard InChI is InChI=1S/C14H18N2O2/c1-16-11-7-10(3-4-12(11)18-13(16)17)8-14(9-15)5-2-6-14/h3-4,7H,2,5-6,8-9,15H2,1H3. The number of hydrogen-bond acceptors (Lipinski definition) is 3. The molecule has 0 aliphatic heterocycles. The second-order valence-electron chi connectivity index (χ2n) is 5.46. The Balaban J connectivity index is 1.98. The van der Waals surface area contributed by atoms with Crippen molar-refractivity contribution in [3.63, 3.8) is 0 Å². The van der Waals surface area contributed by atoms with Crippen LogP contribution in [0, 0.1) is 5.41 Å². The number of hydrogen-bond donors (Lipinski definition) is 1. The van der Waals surface area contributed by atoms with Crippen LogP contribution in [-0.2, 0) is 13.5 Å². The molecular weight excluding hydrogens is 228 g/mol. The molecule has 1 heterocycles. The summed E-state index contributed by atoms with van der Waals surface area (Å²) in [5.74, 6) is -0.306. The smallest absolute Gasteiger partial charge is 0.408 e. The van der Waals surface area contributed by atoms with Gasteiger partial charge in [-0.25, -0.2) is 4.79 Å². The quantitative estimate of drug-likeness (QED) is 0.898. The van der Waals surface area contributed by atoms with Crippen LogP contribution in [0.5, 0.6) is 0 Å². The molecule has 0 saturated heterocycles. The van der Waals surface area contributed by atoms with Crippen molar-refractivity contribution in [1.29, 1.82) is 0 Å². The lowest BCUT2D eigenvalue weighted by molar-refractivity contribution is 0.145. The highest BCUT2D eigenvalue weighted by atomic mass is 16.4. The molecule has 0 spiro atoms. The van der Waals surface area contributed by atoms with E-state index < -0.39 is 0 Å². The Hall–Kier alpha value is -1.55. The molecular formula is C14H18N2O2. The van der Waals surface area contributed by atoms with Crippen molar-refractivity contribution < 1.29 is 4.42 Å². The Bertz CT molecular complexity index is 629. The Morgan fingerprint density at radius 1 is 1.44 bits per heavy atom. The topological polar surface area (TPSA) is 61.2 Å². The summed E-state index contributed by atoms with van der Waals surface area (Å²) < 4.78 is 6.68. The molecule has 1 aromatic heterocycles. The van der Waals surface area contributed by atoms with Gasteiger partial charge in [0.25, 0.3) is 0 Å². The summed E-state index contributed by atoms with van der Waals surface area (Å²) in [6.07, 6.45) is 4.71. The van der Waals surface area contributed by atoms with Gasteiger partial charge in [-0.15, -0.1) is 0 Å². The zero-order valence-electron chi connectivity index (χ0n) is 10.6. The van der Waals surface area contributed by atoms with Gasteiger partial charge in [-0.05, 0) is 48.9 Å². The van der Waals surface area contributed by atoms with E-state index in [0.717, 1.165) is 18.5 Å². The second-order valence-corrected chi connectivity index (χ2v) is 5.46. The first-order valence-corrected chi connectivity index (χ1v) is 6.42. The lowest BCUT2D eigenvalue weighted by Crippen LogP contribution is -2.39. The fourth-order valence-electron chi connectivity index (χ4n) is 2.85. The van der Waals surface area contributed by atoms with Gasteiger partial charge in [-0.1, -0.05) is 12.5 Å². The van der Waals surface area contributed by atoms with Crippen molar-refractivity contribution in [2.24, 2.45) is 18.2 Å². The maximum Gasteiger partial charge on any atom is 0.419 e. The van der Waals surface area contributed by atoms with Crippen LogP contribution in [0.3, 0.4) is 0 Å². The van der Waals surface area contributed by atoms with Crippen molar-refractivity contribution in [1.82, 2.24) is 4.57 Å². The zero-order valence-corrected chi connectivity index (χ0v) is 10.6. The zero-order chi connectivity index (χ0) is 12.8. The molecule has 0 radical (unpaired) electrons. The molecule has 4 heteroatoms. The molecule has 1 aromatic carbocycles. The largest absolute Gasteiger partial charge is 0.419 e. The van der Waals surface area contributed by atoms with E-state index in [4.69, 9.17) is 10.2 Å². The van der Waals surface area contributed by atoms with Crippen molar-refractivity contribution >= 4 is 11.1 Å². The van der Waals surface area contributed by atoms with Gasteiger partial charge >= 0.3 is 5.76 Å². The van der Waals surface area contributed by atoms with E-state index in [1.165, 1.54) is 24.8 Å². The highest BCUT2D eigenvalue weighted by molar-refractivity contribution is 5.73. The minimum absolute atomic E-state index is 0.288. The minimum Gasteiger partial charge on any atom is -0.408 e. The van der Waals surface area contributed by atoms with Gasteiger partial charge < -0.3 is 10.2 Å². The molecule has 2 aromatic rings. The van der Waals surface area contributed by atoms with E-state index in [1.54, 1.807) is 11.6 Å². The number of fused-ring (bicyclic) bond motifs is 1. The van der Waals surface area contributed by atoms with E-state index in [0.29, 0.717) is 5.58 Å². The average molecular weight is 246 g/mol. The van der Waals surface area contributed by atoms with Gasteiger partial charge in [0.15, 0.2) is 5.58 Å². The van der Waals surface area contributed by atoms with Gasteiger partial charge in [0.1, 0.15) is 0 Å². The summed E-state index contributed by atoms with van der Waals surface area (Å²) in [4.78, 5) is 11.4. The lowest BCUT2D eigenvalue weighted by Gasteiger charge is -2.41. The normalized spacial score (nSPS) is 17.9. The van der Waals surface area contributed by atoms with Gasteiger partial charge in [0.05, 0.1) is 5.52 Å². The molecule has 96 valence electrons. The maximum atomic E-state index is 11.4. The summed E-state index contributed by atoms with van der Waals surface area (Å²) >= 11 is 0. The first-order valence-electron chi connectivity index (χ1n) is 6.42. The highest BCUT2D eigenvalue weighted by Gasteiger charge is 2.35. The van der Waals surface area contributed by atoms with E-state index in [1.807, 2.05) is 12.1 Å². The van der Waals surface area contributed by atoms with E-state index >= 15 is 0 Å². The lowest BCUT2D eigenvalue weighted by atomic mass is 9.65. The van der Waals surface area contributed by atoms with Crippen molar-refractivity contribution in [2.45, 2.75) is 25.7 Å². The average Bonchev–Trinajstić information content (AvgIpc) is 2.60. The third-order valence-electron chi connectivity index (χ3n) is 4.28. The van der Waals surface area contributed by atoms with Crippen molar-refractivity contribution in [2.75, 3.05) is 6.54 Å². The number of aryl methyl sites for hydroxylation is 1. The van der Waals surface area contributed by atoms with Gasteiger partial charge in [0.2, 0.25) is 0 Å². The molecule has 0 unspecified atom stereocenters. The minimum atomic E-state index is -0.306. The summed E-state index contributed by atoms with van der Waals surface area (Å²) in [5, 5.41) is 0. The monoisotopic (exact) mass is 246 g/mol. The van der Waals surface area contributed by atoms with Crippen molar-refractivity contribution in [3.8, 4) is 0 Å². The van der Waals surface area contributed by atoms with E-state index in [9.17, 15) is 4.79 Å². The molecule has 1 fully saturated rings. The Morgan fingerprint density at radius 2 is 2.22 bits per heavy atom. The second kappa shape index (κ2) is 3.99. The molecule has 1 aliphatic carbocycles. The van der Waals surface area contributed by atoms with E-state index in [-0.39, 0.29) is 11.2 Å². The third-order valence-corrected chi connectivity index (χ3v) is 4.28. The van der Waals surface area contributed by atoms with Gasteiger partial charge in [-0.2, -0.15) is 0 Å². The van der Waals surface area contributed by atoms with Crippen LogP contribution in [0.1, 0.15) is 24.8 Å². The van der Waals surface area contributed by atoms with Crippen LogP contribution >= 0.6 is 0 Å². The first-order chi connectivity index (χ1) is 8.63. The van der Waals surface area contributed by atoms with Crippen LogP contribution in [0.2, 0.25) is 0 Å². The predicted molar refractivity (Wildman–Crippen MR) is 70.5 cm³/mol. The Morgan fingerprint density at radius 3 is 2.83 bits per heavy atom. The molecule has 1 aliphatic rings. The number of nitrogens with two attached hydrogens (primary N) is 1. The molecule has 2 N–H and O–H groups in total. The summed E-state index contributed by atoms with van der Waals surface area (Å²) in [7, 11) is 1.74. The summed E-state index contributed by atoms with van der Waals surface area (Å²) in [5.41, 5.74) is 8.94. The number of rotatable bonds is 3. The molecule has 0 atom stereocenters. The third kappa shape index (κ3) is 1.68. The molecule has 4 nitrogen and oxygen atoms in total. The van der Waals surface area contributed by atoms with Crippen LogP contribution < -0.4 is 11.5 Å². The molecule has 18 heavy (non-hydrogen) atoms. The number of benzene rings is 1. The molecule has 1 saturated carbocycles. The summed E-state index contributed by atoms with van der Waals surface area (Å²) in [6, 6.07) is 5.98. The number of oxazole rings is 1. The van der Waals surface area contributed by atoms with Crippen LogP contribution in [0.4, 0.5) is 0 Å².